The molecule has 0 unspecified atom stereocenters. The van der Waals surface area contributed by atoms with Crippen LogP contribution in [0.3, 0.4) is 0 Å². The number of hydrogen-bond acceptors (Lipinski definition) is 0. The lowest BCUT2D eigenvalue weighted by Crippen LogP contribution is -1.77. The maximum atomic E-state index is 3.33. The number of hydrogen-bond donors (Lipinski definition) is 0. The van der Waals surface area contributed by atoms with E-state index in [1.165, 1.54) is 21.9 Å². The van der Waals surface area contributed by atoms with E-state index in [2.05, 4.69) is 50.2 Å². The van der Waals surface area contributed by atoms with Crippen molar-refractivity contribution < 1.29 is 0 Å². The van der Waals surface area contributed by atoms with E-state index in [0.717, 1.165) is 0 Å². The Bertz CT molecular complexity index is 377. The molecule has 12 heavy (non-hydrogen) atoms. The van der Waals surface area contributed by atoms with Gasteiger partial charge >= 0.3 is 0 Å². The first-order valence-corrected chi connectivity index (χ1v) is 4.15. The van der Waals surface area contributed by atoms with E-state index in [4.69, 9.17) is 0 Å². The third kappa shape index (κ3) is 1.20. The summed E-state index contributed by atoms with van der Waals surface area (Å²) in [5, 5.41) is 2.49. The SMILES string of the molecule is Cc1[c]c2cc(C)ccc2cc1. The van der Waals surface area contributed by atoms with Crippen molar-refractivity contribution in [2.24, 2.45) is 0 Å². The van der Waals surface area contributed by atoms with Crippen molar-refractivity contribution >= 4 is 10.8 Å². The number of benzene rings is 2. The Morgan fingerprint density at radius 3 is 2.58 bits per heavy atom. The molecule has 0 aromatic heterocycles. The summed E-state index contributed by atoms with van der Waals surface area (Å²) in [6, 6.07) is 14.0. The van der Waals surface area contributed by atoms with Gasteiger partial charge in [-0.1, -0.05) is 35.9 Å². The summed E-state index contributed by atoms with van der Waals surface area (Å²) in [7, 11) is 0. The van der Waals surface area contributed by atoms with Gasteiger partial charge in [-0.2, -0.15) is 0 Å². The van der Waals surface area contributed by atoms with Crippen LogP contribution in [0.4, 0.5) is 0 Å². The molecular weight excluding hydrogens is 144 g/mol. The smallest absolute Gasteiger partial charge is 0.00671 e. The molecule has 0 nitrogen and oxygen atoms in total. The molecule has 0 N–H and O–H groups in total. The van der Waals surface area contributed by atoms with Gasteiger partial charge in [0, 0.05) is 0 Å². The van der Waals surface area contributed by atoms with Gasteiger partial charge in [-0.25, -0.2) is 0 Å². The third-order valence-corrected chi connectivity index (χ3v) is 2.05. The summed E-state index contributed by atoms with van der Waals surface area (Å²) in [6.45, 7) is 4.18. The molecule has 0 heteroatoms. The lowest BCUT2D eigenvalue weighted by molar-refractivity contribution is 1.46. The van der Waals surface area contributed by atoms with Crippen LogP contribution in [0.25, 0.3) is 10.8 Å². The van der Waals surface area contributed by atoms with Gasteiger partial charge in [0.15, 0.2) is 0 Å². The Morgan fingerprint density at radius 2 is 1.75 bits per heavy atom. The molecule has 0 saturated heterocycles. The molecule has 0 atom stereocenters. The fraction of sp³-hybridized carbons (Fsp3) is 0.167. The standard InChI is InChI=1S/C12H11/c1-9-3-5-11-6-4-10(2)8-12(11)7-9/h3-7H,1-2H3. The van der Waals surface area contributed by atoms with Crippen LogP contribution >= 0.6 is 0 Å². The molecule has 2 aromatic carbocycles. The van der Waals surface area contributed by atoms with E-state index in [9.17, 15) is 0 Å². The summed E-state index contributed by atoms with van der Waals surface area (Å²) in [4.78, 5) is 0. The Balaban J connectivity index is 2.80. The quantitative estimate of drug-likeness (QED) is 0.547. The van der Waals surface area contributed by atoms with Crippen LogP contribution in [0.5, 0.6) is 0 Å². The van der Waals surface area contributed by atoms with E-state index in [-0.39, 0.29) is 0 Å². The zero-order chi connectivity index (χ0) is 8.55. The van der Waals surface area contributed by atoms with Crippen LogP contribution in [-0.2, 0) is 0 Å². The van der Waals surface area contributed by atoms with Crippen LogP contribution in [0, 0.1) is 19.9 Å². The molecule has 0 aliphatic rings. The van der Waals surface area contributed by atoms with Crippen molar-refractivity contribution in [2.45, 2.75) is 13.8 Å². The molecule has 0 aliphatic carbocycles. The van der Waals surface area contributed by atoms with Crippen molar-refractivity contribution in [3.8, 4) is 0 Å². The Morgan fingerprint density at radius 1 is 1.00 bits per heavy atom. The second kappa shape index (κ2) is 2.63. The number of rotatable bonds is 0. The molecule has 0 fully saturated rings. The number of aryl methyl sites for hydroxylation is 2. The van der Waals surface area contributed by atoms with Crippen LogP contribution in [-0.4, -0.2) is 0 Å². The Labute approximate surface area is 72.8 Å². The van der Waals surface area contributed by atoms with Crippen LogP contribution in [0.15, 0.2) is 30.3 Å². The van der Waals surface area contributed by atoms with Gasteiger partial charge in [0.25, 0.3) is 0 Å². The van der Waals surface area contributed by atoms with Crippen LogP contribution < -0.4 is 0 Å². The molecule has 0 heterocycles. The van der Waals surface area contributed by atoms with Crippen LogP contribution in [0.2, 0.25) is 0 Å². The third-order valence-electron chi connectivity index (χ3n) is 2.05. The molecular formula is C12H11. The Kier molecular flexibility index (Phi) is 1.61. The predicted molar refractivity (Wildman–Crippen MR) is 52.3 cm³/mol. The second-order valence-electron chi connectivity index (χ2n) is 3.23. The zero-order valence-electron chi connectivity index (χ0n) is 7.39. The average molecular weight is 155 g/mol. The molecule has 2 rings (SSSR count). The van der Waals surface area contributed by atoms with E-state index in [1.807, 2.05) is 0 Å². The fourth-order valence-electron chi connectivity index (χ4n) is 1.39. The summed E-state index contributed by atoms with van der Waals surface area (Å²) < 4.78 is 0. The lowest BCUT2D eigenvalue weighted by Gasteiger charge is -1.99. The minimum Gasteiger partial charge on any atom is -0.0587 e. The van der Waals surface area contributed by atoms with Crippen LogP contribution in [0.1, 0.15) is 11.1 Å². The first-order valence-electron chi connectivity index (χ1n) is 4.15. The maximum absolute atomic E-state index is 3.33. The van der Waals surface area contributed by atoms with Gasteiger partial charge in [-0.15, -0.1) is 0 Å². The summed E-state index contributed by atoms with van der Waals surface area (Å²) in [5.74, 6) is 0. The Hall–Kier alpha value is -1.30. The van der Waals surface area contributed by atoms with Crippen molar-refractivity contribution in [1.29, 1.82) is 0 Å². The second-order valence-corrected chi connectivity index (χ2v) is 3.23. The fourth-order valence-corrected chi connectivity index (χ4v) is 1.39. The molecule has 2 aromatic rings. The first kappa shape index (κ1) is 7.35. The van der Waals surface area contributed by atoms with Gasteiger partial charge in [-0.05, 0) is 36.2 Å². The topological polar surface area (TPSA) is 0 Å². The van der Waals surface area contributed by atoms with E-state index < -0.39 is 0 Å². The summed E-state index contributed by atoms with van der Waals surface area (Å²) in [5.41, 5.74) is 2.50. The van der Waals surface area contributed by atoms with Gasteiger partial charge in [0.1, 0.15) is 0 Å². The largest absolute Gasteiger partial charge is 0.0587 e. The van der Waals surface area contributed by atoms with Crippen molar-refractivity contribution in [3.05, 3.63) is 47.5 Å². The van der Waals surface area contributed by atoms with E-state index in [1.54, 1.807) is 0 Å². The minimum absolute atomic E-state index is 1.20. The van der Waals surface area contributed by atoms with Crippen molar-refractivity contribution in [2.75, 3.05) is 0 Å². The molecule has 0 saturated carbocycles. The van der Waals surface area contributed by atoms with E-state index >= 15 is 0 Å². The lowest BCUT2D eigenvalue weighted by atomic mass is 10.1. The minimum atomic E-state index is 1.20. The van der Waals surface area contributed by atoms with E-state index in [0.29, 0.717) is 0 Å². The monoisotopic (exact) mass is 155 g/mol. The number of fused-ring (bicyclic) bond motifs is 1. The maximum Gasteiger partial charge on any atom is -0.00671 e. The predicted octanol–water partition coefficient (Wildman–Crippen LogP) is 3.26. The highest BCUT2D eigenvalue weighted by Gasteiger charge is 1.93. The average Bonchev–Trinajstić information content (AvgIpc) is 2.03. The molecule has 1 radical (unpaired) electrons. The normalized spacial score (nSPS) is 10.5. The summed E-state index contributed by atoms with van der Waals surface area (Å²) in [6.07, 6.45) is 0. The molecule has 0 aliphatic heterocycles. The highest BCUT2D eigenvalue weighted by molar-refractivity contribution is 5.83. The zero-order valence-corrected chi connectivity index (χ0v) is 7.39. The molecule has 59 valence electrons. The molecule has 0 spiro atoms. The first-order chi connectivity index (χ1) is 5.75. The van der Waals surface area contributed by atoms with Crippen molar-refractivity contribution in [3.63, 3.8) is 0 Å². The summed E-state index contributed by atoms with van der Waals surface area (Å²) >= 11 is 0. The molecule has 0 amide bonds. The van der Waals surface area contributed by atoms with Gasteiger partial charge in [0.05, 0.1) is 0 Å². The highest BCUT2D eigenvalue weighted by Crippen LogP contribution is 2.16. The van der Waals surface area contributed by atoms with Gasteiger partial charge in [-0.3, -0.25) is 0 Å². The van der Waals surface area contributed by atoms with Gasteiger partial charge < -0.3 is 0 Å². The highest BCUT2D eigenvalue weighted by atomic mass is 14.0. The van der Waals surface area contributed by atoms with Crippen molar-refractivity contribution in [1.82, 2.24) is 0 Å². The van der Waals surface area contributed by atoms with Gasteiger partial charge in [0.2, 0.25) is 0 Å². The molecule has 0 bridgehead atoms.